The molecular weight excluding hydrogens is 334 g/mol. The Kier molecular flexibility index (Phi) is 3.03. The van der Waals surface area contributed by atoms with Gasteiger partial charge in [0.25, 0.3) is 5.91 Å². The summed E-state index contributed by atoms with van der Waals surface area (Å²) >= 11 is 0. The number of carbonyl (C=O) groups excluding carboxylic acids is 2. The molecule has 2 aliphatic heterocycles. The largest absolute Gasteiger partial charge is 0.493 e. The van der Waals surface area contributed by atoms with Gasteiger partial charge in [-0.3, -0.25) is 4.79 Å². The number of carbonyl (C=O) groups is 2. The topological polar surface area (TPSA) is 89.4 Å². The van der Waals surface area contributed by atoms with Crippen LogP contribution in [0.5, 0.6) is 5.75 Å². The molecule has 3 aromatic rings. The molecule has 8 heteroatoms. The van der Waals surface area contributed by atoms with E-state index in [2.05, 4.69) is 15.6 Å². The highest BCUT2D eigenvalue weighted by Crippen LogP contribution is 2.41. The summed E-state index contributed by atoms with van der Waals surface area (Å²) in [5, 5.41) is 11.0. The molecule has 3 amide bonds. The number of nitrogens with one attached hydrogen (secondary N) is 1. The molecule has 1 aromatic heterocycles. The second kappa shape index (κ2) is 5.29. The molecule has 130 valence electrons. The summed E-state index contributed by atoms with van der Waals surface area (Å²) < 4.78 is 7.20. The van der Waals surface area contributed by atoms with Crippen LogP contribution in [0.25, 0.3) is 11.0 Å². The number of rotatable bonds is 2. The van der Waals surface area contributed by atoms with Gasteiger partial charge >= 0.3 is 6.03 Å². The van der Waals surface area contributed by atoms with Crippen LogP contribution in [0.4, 0.5) is 4.79 Å². The smallest absolute Gasteiger partial charge is 0.326 e. The molecule has 2 aromatic carbocycles. The van der Waals surface area contributed by atoms with E-state index >= 15 is 0 Å². The number of urea groups is 1. The lowest BCUT2D eigenvalue weighted by molar-refractivity contribution is -0.133. The van der Waals surface area contributed by atoms with Gasteiger partial charge < -0.3 is 10.1 Å². The van der Waals surface area contributed by atoms with Gasteiger partial charge in [-0.25, -0.2) is 14.4 Å². The maximum Gasteiger partial charge on any atom is 0.326 e. The molecule has 1 spiro atoms. The number of ether oxygens (including phenoxy) is 1. The monoisotopic (exact) mass is 349 g/mol. The first kappa shape index (κ1) is 14.9. The van der Waals surface area contributed by atoms with Gasteiger partial charge in [0.05, 0.1) is 12.1 Å². The standard InChI is InChI=1S/C18H15N5O3/c24-16-18(9-10-26-15-8-4-1-5-12(15)18)19-17(25)22(16)11-23-14-7-3-2-6-13(14)20-21-23/h1-8H,9-11H2,(H,19,25). The fourth-order valence-corrected chi connectivity index (χ4v) is 3.66. The molecule has 0 aliphatic carbocycles. The third-order valence-electron chi connectivity index (χ3n) is 4.95. The molecule has 1 fully saturated rings. The summed E-state index contributed by atoms with van der Waals surface area (Å²) in [4.78, 5) is 27.0. The van der Waals surface area contributed by atoms with Gasteiger partial charge in [0.1, 0.15) is 17.9 Å². The highest BCUT2D eigenvalue weighted by atomic mass is 16.5. The minimum absolute atomic E-state index is 0.00988. The van der Waals surface area contributed by atoms with Gasteiger partial charge in [-0.1, -0.05) is 35.5 Å². The van der Waals surface area contributed by atoms with Crippen LogP contribution in [-0.2, 0) is 17.0 Å². The van der Waals surface area contributed by atoms with Crippen molar-refractivity contribution in [3.05, 3.63) is 54.1 Å². The molecule has 1 N–H and O–H groups in total. The quantitative estimate of drug-likeness (QED) is 0.710. The van der Waals surface area contributed by atoms with Crippen LogP contribution in [0.1, 0.15) is 12.0 Å². The third-order valence-corrected chi connectivity index (χ3v) is 4.95. The lowest BCUT2D eigenvalue weighted by atomic mass is 9.84. The number of fused-ring (bicyclic) bond motifs is 3. The molecule has 26 heavy (non-hydrogen) atoms. The van der Waals surface area contributed by atoms with Crippen molar-refractivity contribution in [2.45, 2.75) is 18.6 Å². The Balaban J connectivity index is 1.53. The average molecular weight is 349 g/mol. The van der Waals surface area contributed by atoms with Crippen molar-refractivity contribution in [1.82, 2.24) is 25.2 Å². The van der Waals surface area contributed by atoms with Crippen LogP contribution in [-0.4, -0.2) is 38.4 Å². The summed E-state index contributed by atoms with van der Waals surface area (Å²) in [6, 6.07) is 14.3. The van der Waals surface area contributed by atoms with E-state index in [1.165, 1.54) is 4.90 Å². The van der Waals surface area contributed by atoms with E-state index in [1.54, 1.807) is 4.68 Å². The predicted octanol–water partition coefficient (Wildman–Crippen LogP) is 1.62. The van der Waals surface area contributed by atoms with Crippen molar-refractivity contribution < 1.29 is 14.3 Å². The lowest BCUT2D eigenvalue weighted by Crippen LogP contribution is -2.47. The summed E-state index contributed by atoms with van der Waals surface area (Å²) in [6.45, 7) is 0.374. The van der Waals surface area contributed by atoms with Crippen molar-refractivity contribution in [2.24, 2.45) is 0 Å². The normalized spacial score (nSPS) is 21.8. The number of hydrogen-bond acceptors (Lipinski definition) is 5. The maximum atomic E-state index is 13.2. The van der Waals surface area contributed by atoms with Crippen LogP contribution in [0.3, 0.4) is 0 Å². The van der Waals surface area contributed by atoms with Crippen LogP contribution in [0, 0.1) is 0 Å². The molecule has 0 saturated carbocycles. The molecule has 3 heterocycles. The van der Waals surface area contributed by atoms with E-state index in [4.69, 9.17) is 4.74 Å². The average Bonchev–Trinajstić information content (AvgIpc) is 3.18. The van der Waals surface area contributed by atoms with Crippen molar-refractivity contribution in [3.8, 4) is 5.75 Å². The van der Waals surface area contributed by atoms with Gasteiger partial charge in [0, 0.05) is 12.0 Å². The van der Waals surface area contributed by atoms with Gasteiger partial charge in [-0.2, -0.15) is 0 Å². The molecule has 1 saturated heterocycles. The SMILES string of the molecule is O=C1NC2(CCOc3ccccc32)C(=O)N1Cn1nnc2ccccc21. The number of amides is 3. The van der Waals surface area contributed by atoms with Gasteiger partial charge in [-0.05, 0) is 18.2 Å². The van der Waals surface area contributed by atoms with Crippen LogP contribution >= 0.6 is 0 Å². The molecule has 5 rings (SSSR count). The van der Waals surface area contributed by atoms with Gasteiger partial charge in [-0.15, -0.1) is 5.10 Å². The Labute approximate surface area is 148 Å². The number of hydrogen-bond donors (Lipinski definition) is 1. The molecular formula is C18H15N5O3. The van der Waals surface area contributed by atoms with Crippen molar-refractivity contribution in [1.29, 1.82) is 0 Å². The lowest BCUT2D eigenvalue weighted by Gasteiger charge is -2.33. The zero-order valence-corrected chi connectivity index (χ0v) is 13.8. The Morgan fingerprint density at radius 1 is 1.12 bits per heavy atom. The van der Waals surface area contributed by atoms with E-state index < -0.39 is 11.6 Å². The number of nitrogens with zero attached hydrogens (tertiary/aromatic N) is 4. The molecule has 1 unspecified atom stereocenters. The second-order valence-electron chi connectivity index (χ2n) is 6.38. The first-order valence-corrected chi connectivity index (χ1v) is 8.34. The molecule has 1 atom stereocenters. The fourth-order valence-electron chi connectivity index (χ4n) is 3.66. The zero-order chi connectivity index (χ0) is 17.7. The first-order chi connectivity index (χ1) is 12.7. The molecule has 0 bridgehead atoms. The number of para-hydroxylation sites is 2. The highest BCUT2D eigenvalue weighted by Gasteiger charge is 2.55. The fraction of sp³-hybridized carbons (Fsp3) is 0.222. The van der Waals surface area contributed by atoms with E-state index in [9.17, 15) is 9.59 Å². The van der Waals surface area contributed by atoms with Gasteiger partial charge in [0.2, 0.25) is 0 Å². The Bertz CT molecular complexity index is 1050. The molecule has 2 aliphatic rings. The minimum atomic E-state index is -1.08. The predicted molar refractivity (Wildman–Crippen MR) is 91.1 cm³/mol. The van der Waals surface area contributed by atoms with E-state index in [1.807, 2.05) is 48.5 Å². The Morgan fingerprint density at radius 2 is 1.92 bits per heavy atom. The second-order valence-corrected chi connectivity index (χ2v) is 6.38. The highest BCUT2D eigenvalue weighted by molar-refractivity contribution is 6.07. The van der Waals surface area contributed by atoms with Crippen molar-refractivity contribution in [3.63, 3.8) is 0 Å². The maximum absolute atomic E-state index is 13.2. The van der Waals surface area contributed by atoms with Crippen LogP contribution in [0.2, 0.25) is 0 Å². The van der Waals surface area contributed by atoms with Gasteiger partial charge in [0.15, 0.2) is 5.54 Å². The number of aromatic nitrogens is 3. The summed E-state index contributed by atoms with van der Waals surface area (Å²) in [7, 11) is 0. The zero-order valence-electron chi connectivity index (χ0n) is 13.8. The van der Waals surface area contributed by atoms with E-state index in [0.717, 1.165) is 5.52 Å². The van der Waals surface area contributed by atoms with Crippen LogP contribution < -0.4 is 10.1 Å². The third kappa shape index (κ3) is 1.95. The summed E-state index contributed by atoms with van der Waals surface area (Å²) in [5.74, 6) is 0.332. The minimum Gasteiger partial charge on any atom is -0.493 e. The molecule has 8 nitrogen and oxygen atoms in total. The summed E-state index contributed by atoms with van der Waals surface area (Å²) in [6.07, 6.45) is 0.392. The van der Waals surface area contributed by atoms with Crippen LogP contribution in [0.15, 0.2) is 48.5 Å². The van der Waals surface area contributed by atoms with Crippen molar-refractivity contribution in [2.75, 3.05) is 6.61 Å². The molecule has 0 radical (unpaired) electrons. The first-order valence-electron chi connectivity index (χ1n) is 8.34. The van der Waals surface area contributed by atoms with E-state index in [0.29, 0.717) is 29.9 Å². The van der Waals surface area contributed by atoms with Crippen molar-refractivity contribution >= 4 is 23.0 Å². The number of imide groups is 1. The number of benzene rings is 2. The Morgan fingerprint density at radius 3 is 2.85 bits per heavy atom. The Hall–Kier alpha value is -3.42. The van der Waals surface area contributed by atoms with E-state index in [-0.39, 0.29) is 12.6 Å². The summed E-state index contributed by atoms with van der Waals surface area (Å²) in [5.41, 5.74) is 1.09.